The smallest absolute Gasteiger partial charge is 0.255 e. The van der Waals surface area contributed by atoms with Crippen LogP contribution in [0.4, 0.5) is 8.78 Å². The first-order valence-corrected chi connectivity index (χ1v) is 11.2. The lowest BCUT2D eigenvalue weighted by Crippen LogP contribution is -2.63. The molecule has 0 aliphatic heterocycles. The van der Waals surface area contributed by atoms with Crippen LogP contribution in [0.5, 0.6) is 5.75 Å². The zero-order valence-corrected chi connectivity index (χ0v) is 20.1. The number of aliphatic hydroxyl groups excluding tert-OH is 2. The number of carbonyl (C=O) groups is 3. The predicted molar refractivity (Wildman–Crippen MR) is 121 cm³/mol. The molecule has 1 aromatic rings. The minimum atomic E-state index is -2.80. The first-order chi connectivity index (χ1) is 16.7. The number of aromatic hydroxyl groups is 1. The molecule has 12 heteroatoms. The highest BCUT2D eigenvalue weighted by atomic mass is 19.2. The number of amides is 1. The van der Waals surface area contributed by atoms with Gasteiger partial charge in [-0.2, -0.15) is 0 Å². The van der Waals surface area contributed by atoms with E-state index in [-0.39, 0.29) is 24.9 Å². The van der Waals surface area contributed by atoms with Crippen molar-refractivity contribution in [2.45, 2.75) is 31.0 Å². The number of nitrogens with zero attached hydrogens (tertiary/aromatic N) is 2. The van der Waals surface area contributed by atoms with Gasteiger partial charge < -0.3 is 31.1 Å². The lowest BCUT2D eigenvalue weighted by atomic mass is 9.58. The Kier molecular flexibility index (Phi) is 5.97. The second-order valence-corrected chi connectivity index (χ2v) is 10.0. The Morgan fingerprint density at radius 1 is 1.11 bits per heavy atom. The third-order valence-corrected chi connectivity index (χ3v) is 7.34. The number of phenolic OH excluding ortho intramolecular Hbond substituents is 1. The average Bonchev–Trinajstić information content (AvgIpc) is 2.76. The topological polar surface area (TPSA) is 165 Å². The first kappa shape index (κ1) is 25.7. The number of aliphatic hydroxyl groups is 3. The number of phenols is 1. The highest BCUT2D eigenvalue weighted by Gasteiger charge is 2.63. The Morgan fingerprint density at radius 2 is 1.72 bits per heavy atom. The van der Waals surface area contributed by atoms with Gasteiger partial charge in [-0.1, -0.05) is 0 Å². The molecule has 0 saturated carbocycles. The van der Waals surface area contributed by atoms with Crippen LogP contribution >= 0.6 is 0 Å². The third kappa shape index (κ3) is 3.28. The summed E-state index contributed by atoms with van der Waals surface area (Å²) in [4.78, 5) is 41.6. The van der Waals surface area contributed by atoms with Gasteiger partial charge >= 0.3 is 0 Å². The number of likely N-dealkylation sites (N-methyl/N-ethyl adjacent to an activating group) is 1. The summed E-state index contributed by atoms with van der Waals surface area (Å²) >= 11 is 0. The maximum Gasteiger partial charge on any atom is 0.255 e. The number of halogens is 2. The molecule has 0 fully saturated rings. The average molecular weight is 507 g/mol. The van der Waals surface area contributed by atoms with E-state index in [1.165, 1.54) is 23.9 Å². The molecule has 0 saturated heterocycles. The molecular weight excluding hydrogens is 480 g/mol. The summed E-state index contributed by atoms with van der Waals surface area (Å²) in [5.41, 5.74) is -0.286. The van der Waals surface area contributed by atoms with Gasteiger partial charge in [-0.3, -0.25) is 19.3 Å². The molecule has 4 atom stereocenters. The summed E-state index contributed by atoms with van der Waals surface area (Å²) in [6.45, 7) is -0.231. The molecule has 1 aromatic carbocycles. The number of benzene rings is 1. The molecule has 194 valence electrons. The fourth-order valence-corrected chi connectivity index (χ4v) is 5.82. The van der Waals surface area contributed by atoms with Gasteiger partial charge in [0, 0.05) is 29.2 Å². The number of hydrogen-bond donors (Lipinski definition) is 5. The zero-order chi connectivity index (χ0) is 27.0. The predicted octanol–water partition coefficient (Wildman–Crippen LogP) is 0.460. The van der Waals surface area contributed by atoms with Crippen LogP contribution in [0.15, 0.2) is 22.7 Å². The number of hydrogen-bond acceptors (Lipinski definition) is 9. The van der Waals surface area contributed by atoms with Crippen LogP contribution in [-0.4, -0.2) is 87.5 Å². The fraction of sp³-hybridized carbons (Fsp3) is 0.458. The van der Waals surface area contributed by atoms with Gasteiger partial charge in [-0.25, -0.2) is 8.78 Å². The number of ketones is 2. The van der Waals surface area contributed by atoms with E-state index < -0.39 is 92.1 Å². The molecule has 0 heterocycles. The van der Waals surface area contributed by atoms with Gasteiger partial charge in [0.2, 0.25) is 5.78 Å². The molecule has 0 aromatic heterocycles. The molecule has 36 heavy (non-hydrogen) atoms. The maximum absolute atomic E-state index is 15.1. The number of carbonyl (C=O) groups excluding carboxylic acids is 3. The highest BCUT2D eigenvalue weighted by molar-refractivity contribution is 6.24. The van der Waals surface area contributed by atoms with Crippen molar-refractivity contribution < 1.29 is 43.6 Å². The minimum Gasteiger partial charge on any atom is -0.510 e. The normalized spacial score (nSPS) is 28.0. The molecule has 0 unspecified atom stereocenters. The van der Waals surface area contributed by atoms with E-state index in [4.69, 9.17) is 5.73 Å². The van der Waals surface area contributed by atoms with Gasteiger partial charge in [-0.15, -0.1) is 0 Å². The Hall–Kier alpha value is -3.35. The van der Waals surface area contributed by atoms with Crippen LogP contribution in [0, 0.1) is 23.5 Å². The largest absolute Gasteiger partial charge is 0.510 e. The molecule has 6 N–H and O–H groups in total. The molecular formula is C24H27F2N3O7. The van der Waals surface area contributed by atoms with Crippen molar-refractivity contribution in [1.29, 1.82) is 0 Å². The maximum atomic E-state index is 15.1. The van der Waals surface area contributed by atoms with E-state index in [1.54, 1.807) is 14.1 Å². The molecule has 10 nitrogen and oxygen atoms in total. The Morgan fingerprint density at radius 3 is 2.25 bits per heavy atom. The van der Waals surface area contributed by atoms with Gasteiger partial charge in [0.05, 0.1) is 11.6 Å². The summed E-state index contributed by atoms with van der Waals surface area (Å²) in [5, 5.41) is 44.2. The lowest BCUT2D eigenvalue weighted by molar-refractivity contribution is -0.148. The minimum absolute atomic E-state index is 0.215. The van der Waals surface area contributed by atoms with Crippen LogP contribution in [0.3, 0.4) is 0 Å². The van der Waals surface area contributed by atoms with Gasteiger partial charge in [0.25, 0.3) is 5.91 Å². The monoisotopic (exact) mass is 507 g/mol. The summed E-state index contributed by atoms with van der Waals surface area (Å²) in [6.07, 6.45) is -0.542. The number of Topliss-reactive ketones (excluding diaryl/α,β-unsaturated/α-hetero) is 2. The van der Waals surface area contributed by atoms with E-state index in [1.807, 2.05) is 0 Å². The van der Waals surface area contributed by atoms with E-state index in [0.29, 0.717) is 0 Å². The Balaban J connectivity index is 1.97. The van der Waals surface area contributed by atoms with Crippen LogP contribution in [-0.2, 0) is 22.6 Å². The quantitative estimate of drug-likeness (QED) is 0.364. The number of fused-ring (bicyclic) bond motifs is 3. The molecule has 0 bridgehead atoms. The van der Waals surface area contributed by atoms with E-state index in [9.17, 15) is 39.2 Å². The van der Waals surface area contributed by atoms with E-state index in [0.717, 1.165) is 0 Å². The van der Waals surface area contributed by atoms with E-state index >= 15 is 4.39 Å². The van der Waals surface area contributed by atoms with Crippen molar-refractivity contribution >= 4 is 17.5 Å². The van der Waals surface area contributed by atoms with Gasteiger partial charge in [-0.05, 0) is 47.0 Å². The number of allylic oxidation sites excluding steroid dienone is 1. The fourth-order valence-electron chi connectivity index (χ4n) is 5.82. The number of nitrogens with two attached hydrogens (primary N) is 1. The third-order valence-electron chi connectivity index (χ3n) is 7.34. The van der Waals surface area contributed by atoms with Gasteiger partial charge in [0.15, 0.2) is 23.0 Å². The molecule has 0 radical (unpaired) electrons. The first-order valence-electron chi connectivity index (χ1n) is 11.2. The SMILES string of the molecule is CN(C)Cc1c(O)c2c(c(F)c1F)C[C@H]1C[C@H]3[C@H](N(C)C)C(O)=C(C(N)=O)C(=O)[C@@]3(O)C(O)=C1C2=O. The van der Waals surface area contributed by atoms with Crippen molar-refractivity contribution in [3.05, 3.63) is 51.0 Å². The second kappa shape index (κ2) is 8.36. The molecule has 0 spiro atoms. The van der Waals surface area contributed by atoms with Crippen molar-refractivity contribution in [2.75, 3.05) is 28.2 Å². The van der Waals surface area contributed by atoms with Crippen molar-refractivity contribution in [1.82, 2.24) is 9.80 Å². The Labute approximate surface area is 204 Å². The zero-order valence-electron chi connectivity index (χ0n) is 20.1. The van der Waals surface area contributed by atoms with Crippen LogP contribution < -0.4 is 5.73 Å². The number of primary amides is 1. The number of rotatable bonds is 4. The summed E-state index contributed by atoms with van der Waals surface area (Å²) in [6, 6.07) is -1.17. The van der Waals surface area contributed by atoms with Crippen LogP contribution in [0.2, 0.25) is 0 Å². The molecule has 4 rings (SSSR count). The Bertz CT molecular complexity index is 1290. The summed E-state index contributed by atoms with van der Waals surface area (Å²) in [7, 11) is 6.09. The summed E-state index contributed by atoms with van der Waals surface area (Å²) in [5.74, 6) is -11.2. The van der Waals surface area contributed by atoms with Crippen molar-refractivity contribution in [2.24, 2.45) is 17.6 Å². The van der Waals surface area contributed by atoms with Crippen molar-refractivity contribution in [3.8, 4) is 5.75 Å². The van der Waals surface area contributed by atoms with E-state index in [2.05, 4.69) is 0 Å². The molecule has 1 amide bonds. The molecule has 3 aliphatic rings. The summed E-state index contributed by atoms with van der Waals surface area (Å²) < 4.78 is 30.0. The second-order valence-electron chi connectivity index (χ2n) is 10.0. The van der Waals surface area contributed by atoms with Crippen molar-refractivity contribution in [3.63, 3.8) is 0 Å². The highest BCUT2D eigenvalue weighted by Crippen LogP contribution is 2.52. The van der Waals surface area contributed by atoms with Crippen LogP contribution in [0.25, 0.3) is 0 Å². The molecule has 3 aliphatic carbocycles. The lowest BCUT2D eigenvalue weighted by Gasteiger charge is -2.50. The standard InChI is InChI=1S/C24H27F2N3O7/c1-28(2)7-10-16(26)15(25)9-5-8-6-11-17(29(3)4)20(32)14(23(27)35)22(34)24(11,36)21(33)12(8)19(31)13(9)18(10)30/h8,11,17,30,32-33,36H,5-7H2,1-4H3,(H2,27,35)/t8-,11-,17-,24-/m0/s1. The van der Waals surface area contributed by atoms with Crippen LogP contribution in [0.1, 0.15) is 27.9 Å². The van der Waals surface area contributed by atoms with Gasteiger partial charge in [0.1, 0.15) is 22.8 Å².